The number of esters is 1. The Kier molecular flexibility index (Phi) is 7.08. The highest BCUT2D eigenvalue weighted by Gasteiger charge is 2.15. The van der Waals surface area contributed by atoms with Gasteiger partial charge in [0.2, 0.25) is 5.91 Å². The molecule has 20 heavy (non-hydrogen) atoms. The summed E-state index contributed by atoms with van der Waals surface area (Å²) in [5.41, 5.74) is 1.06. The van der Waals surface area contributed by atoms with E-state index in [-0.39, 0.29) is 12.5 Å². The number of carbonyl (C=O) groups is 2. The molecule has 0 spiro atoms. The Balaban J connectivity index is 2.30. The number of rotatable bonds is 7. The summed E-state index contributed by atoms with van der Waals surface area (Å²) in [5, 5.41) is 2.68. The molecule has 1 aromatic carbocycles. The molecule has 0 saturated carbocycles. The number of alkyl halides is 1. The van der Waals surface area contributed by atoms with Gasteiger partial charge in [-0.1, -0.05) is 28.1 Å². The minimum absolute atomic E-state index is 0.103. The number of amides is 1. The molecule has 110 valence electrons. The summed E-state index contributed by atoms with van der Waals surface area (Å²) in [6, 6.07) is 7.57. The van der Waals surface area contributed by atoms with E-state index in [1.807, 2.05) is 24.3 Å². The van der Waals surface area contributed by atoms with Crippen LogP contribution in [0.2, 0.25) is 0 Å². The molecule has 0 bridgehead atoms. The molecule has 0 saturated heterocycles. The fourth-order valence-corrected chi connectivity index (χ4v) is 1.90. The number of hydrogen-bond acceptors (Lipinski definition) is 4. The Morgan fingerprint density at radius 3 is 2.45 bits per heavy atom. The second-order valence-electron chi connectivity index (χ2n) is 4.14. The maximum absolute atomic E-state index is 11.6. The van der Waals surface area contributed by atoms with Crippen LogP contribution in [0.4, 0.5) is 0 Å². The summed E-state index contributed by atoms with van der Waals surface area (Å²) in [5.74, 6) is 0.285. The van der Waals surface area contributed by atoms with E-state index in [2.05, 4.69) is 26.0 Å². The van der Waals surface area contributed by atoms with Crippen LogP contribution in [-0.2, 0) is 20.7 Å². The number of methoxy groups -OCH3 is 2. The van der Waals surface area contributed by atoms with Crippen molar-refractivity contribution < 1.29 is 19.1 Å². The number of halogens is 1. The van der Waals surface area contributed by atoms with Crippen LogP contribution in [0.25, 0.3) is 0 Å². The van der Waals surface area contributed by atoms with Crippen molar-refractivity contribution in [3.05, 3.63) is 29.8 Å². The summed E-state index contributed by atoms with van der Waals surface area (Å²) in [4.78, 5) is 22.3. The van der Waals surface area contributed by atoms with Crippen LogP contribution in [0.5, 0.6) is 5.75 Å². The molecule has 0 fully saturated rings. The maximum Gasteiger partial charge on any atom is 0.321 e. The number of ether oxygens (including phenoxy) is 2. The zero-order valence-electron chi connectivity index (χ0n) is 11.5. The van der Waals surface area contributed by atoms with Crippen LogP contribution < -0.4 is 10.1 Å². The fourth-order valence-electron chi connectivity index (χ4n) is 1.55. The molecule has 6 heteroatoms. The highest BCUT2D eigenvalue weighted by Crippen LogP contribution is 2.12. The van der Waals surface area contributed by atoms with Crippen molar-refractivity contribution in [2.45, 2.75) is 17.7 Å². The Morgan fingerprint density at radius 2 is 1.90 bits per heavy atom. The van der Waals surface area contributed by atoms with Crippen LogP contribution in [0.15, 0.2) is 24.3 Å². The molecule has 0 radical (unpaired) electrons. The molecule has 1 N–H and O–H groups in total. The molecule has 1 rings (SSSR count). The lowest BCUT2D eigenvalue weighted by Crippen LogP contribution is -2.34. The Bertz CT molecular complexity index is 447. The van der Waals surface area contributed by atoms with Crippen LogP contribution in [0, 0.1) is 0 Å². The van der Waals surface area contributed by atoms with Crippen LogP contribution in [0.3, 0.4) is 0 Å². The topological polar surface area (TPSA) is 64.6 Å². The van der Waals surface area contributed by atoms with Gasteiger partial charge in [-0.05, 0) is 24.1 Å². The van der Waals surface area contributed by atoms with Gasteiger partial charge in [0.1, 0.15) is 10.6 Å². The first-order valence-corrected chi connectivity index (χ1v) is 7.10. The quantitative estimate of drug-likeness (QED) is 0.604. The Hall–Kier alpha value is -1.56. The number of benzene rings is 1. The van der Waals surface area contributed by atoms with Crippen molar-refractivity contribution in [3.63, 3.8) is 0 Å². The van der Waals surface area contributed by atoms with Crippen molar-refractivity contribution in [1.29, 1.82) is 0 Å². The minimum Gasteiger partial charge on any atom is -0.497 e. The van der Waals surface area contributed by atoms with Gasteiger partial charge in [-0.3, -0.25) is 9.59 Å². The van der Waals surface area contributed by atoms with Gasteiger partial charge in [-0.2, -0.15) is 0 Å². The number of aryl methyl sites for hydroxylation is 1. The Labute approximate surface area is 126 Å². The summed E-state index contributed by atoms with van der Waals surface area (Å²) < 4.78 is 9.61. The molecule has 0 aliphatic heterocycles. The molecule has 1 aromatic rings. The van der Waals surface area contributed by atoms with Crippen molar-refractivity contribution >= 4 is 27.8 Å². The van der Waals surface area contributed by atoms with Gasteiger partial charge in [-0.25, -0.2) is 0 Å². The third-order valence-corrected chi connectivity index (χ3v) is 3.43. The van der Waals surface area contributed by atoms with Gasteiger partial charge in [0.15, 0.2) is 0 Å². The third-order valence-electron chi connectivity index (χ3n) is 2.74. The fraction of sp³-hybridized carbons (Fsp3) is 0.429. The summed E-state index contributed by atoms with van der Waals surface area (Å²) in [7, 11) is 2.92. The molecule has 5 nitrogen and oxygen atoms in total. The zero-order valence-corrected chi connectivity index (χ0v) is 13.1. The van der Waals surface area contributed by atoms with E-state index in [4.69, 9.17) is 4.74 Å². The predicted molar refractivity (Wildman–Crippen MR) is 79.1 cm³/mol. The van der Waals surface area contributed by atoms with Crippen LogP contribution in [-0.4, -0.2) is 37.5 Å². The van der Waals surface area contributed by atoms with E-state index in [1.54, 1.807) is 7.11 Å². The molecule has 1 amide bonds. The van der Waals surface area contributed by atoms with Crippen LogP contribution >= 0.6 is 15.9 Å². The first-order valence-electron chi connectivity index (χ1n) is 6.18. The number of nitrogens with one attached hydrogen (secondary N) is 1. The van der Waals surface area contributed by atoms with E-state index in [1.165, 1.54) is 7.11 Å². The molecule has 0 heterocycles. The third kappa shape index (κ3) is 5.61. The van der Waals surface area contributed by atoms with Gasteiger partial charge in [-0.15, -0.1) is 0 Å². The number of carbonyl (C=O) groups excluding carboxylic acids is 2. The van der Waals surface area contributed by atoms with E-state index in [9.17, 15) is 9.59 Å². The van der Waals surface area contributed by atoms with Gasteiger partial charge >= 0.3 is 5.97 Å². The van der Waals surface area contributed by atoms with Crippen molar-refractivity contribution in [3.8, 4) is 5.75 Å². The average molecular weight is 344 g/mol. The van der Waals surface area contributed by atoms with Crippen LogP contribution in [0.1, 0.15) is 12.0 Å². The summed E-state index contributed by atoms with van der Waals surface area (Å²) in [6.45, 7) is 0.216. The molecule has 0 aliphatic rings. The molecular weight excluding hydrogens is 326 g/mol. The minimum atomic E-state index is -0.516. The largest absolute Gasteiger partial charge is 0.497 e. The van der Waals surface area contributed by atoms with Gasteiger partial charge in [0.25, 0.3) is 0 Å². The lowest BCUT2D eigenvalue weighted by atomic mass is 10.1. The van der Waals surface area contributed by atoms with Crippen molar-refractivity contribution in [1.82, 2.24) is 5.32 Å². The first-order chi connectivity index (χ1) is 9.56. The molecule has 1 atom stereocenters. The standard InChI is InChI=1S/C14H18BrNO4/c1-19-11-6-3-10(4-7-11)5-8-13(17)16-9-12(15)14(18)20-2/h3-4,6-7,12H,5,8-9H2,1-2H3,(H,16,17). The highest BCUT2D eigenvalue weighted by atomic mass is 79.9. The SMILES string of the molecule is COC(=O)C(Br)CNC(=O)CCc1ccc(OC)cc1. The predicted octanol–water partition coefficient (Wildman–Crippen LogP) is 1.68. The first kappa shape index (κ1) is 16.5. The zero-order chi connectivity index (χ0) is 15.0. The van der Waals surface area contributed by atoms with Gasteiger partial charge < -0.3 is 14.8 Å². The number of hydrogen-bond donors (Lipinski definition) is 1. The highest BCUT2D eigenvalue weighted by molar-refractivity contribution is 9.10. The van der Waals surface area contributed by atoms with Crippen molar-refractivity contribution in [2.75, 3.05) is 20.8 Å². The van der Waals surface area contributed by atoms with E-state index < -0.39 is 10.8 Å². The maximum atomic E-state index is 11.6. The van der Waals surface area contributed by atoms with E-state index in [0.29, 0.717) is 12.8 Å². The van der Waals surface area contributed by atoms with Gasteiger partial charge in [0, 0.05) is 13.0 Å². The van der Waals surface area contributed by atoms with Crippen molar-refractivity contribution in [2.24, 2.45) is 0 Å². The second kappa shape index (κ2) is 8.58. The summed E-state index contributed by atoms with van der Waals surface area (Å²) >= 11 is 3.14. The monoisotopic (exact) mass is 343 g/mol. The molecule has 0 aromatic heterocycles. The molecule has 0 aliphatic carbocycles. The smallest absolute Gasteiger partial charge is 0.321 e. The van der Waals surface area contributed by atoms with E-state index in [0.717, 1.165) is 11.3 Å². The summed E-state index contributed by atoms with van der Waals surface area (Å²) in [6.07, 6.45) is 1.01. The second-order valence-corrected chi connectivity index (χ2v) is 5.25. The average Bonchev–Trinajstić information content (AvgIpc) is 2.50. The Morgan fingerprint density at radius 1 is 1.25 bits per heavy atom. The lowest BCUT2D eigenvalue weighted by Gasteiger charge is -2.09. The molecular formula is C14H18BrNO4. The lowest BCUT2D eigenvalue weighted by molar-refractivity contribution is -0.139. The molecule has 1 unspecified atom stereocenters. The van der Waals surface area contributed by atoms with E-state index >= 15 is 0 Å². The normalized spacial score (nSPS) is 11.6. The van der Waals surface area contributed by atoms with Gasteiger partial charge in [0.05, 0.1) is 14.2 Å².